The van der Waals surface area contributed by atoms with Gasteiger partial charge in [-0.15, -0.1) is 0 Å². The molecule has 2 aliphatic rings. The number of ether oxygens (including phenoxy) is 2. The summed E-state index contributed by atoms with van der Waals surface area (Å²) in [4.78, 5) is 13.3. The molecule has 0 unspecified atom stereocenters. The van der Waals surface area contributed by atoms with Gasteiger partial charge in [-0.1, -0.05) is 6.07 Å². The van der Waals surface area contributed by atoms with Crippen molar-refractivity contribution in [2.45, 2.75) is 32.9 Å². The van der Waals surface area contributed by atoms with Crippen molar-refractivity contribution in [1.29, 1.82) is 0 Å². The number of nitrogens with one attached hydrogen (secondary N) is 2. The van der Waals surface area contributed by atoms with Gasteiger partial charge in [0.25, 0.3) is 0 Å². The maximum absolute atomic E-state index is 6.35. The van der Waals surface area contributed by atoms with Gasteiger partial charge in [0.2, 0.25) is 6.79 Å². The number of nitrogens with two attached hydrogens (primary N) is 1. The summed E-state index contributed by atoms with van der Waals surface area (Å²) < 4.78 is 10.9. The first-order chi connectivity index (χ1) is 13.9. The predicted molar refractivity (Wildman–Crippen MR) is 113 cm³/mol. The third-order valence-electron chi connectivity index (χ3n) is 4.93. The van der Waals surface area contributed by atoms with Gasteiger partial charge in [-0.2, -0.15) is 0 Å². The minimum atomic E-state index is -0.0993. The van der Waals surface area contributed by atoms with E-state index < -0.39 is 0 Å². The number of nitrogens with zero attached hydrogens (tertiary/aromatic N) is 4. The molecule has 0 aliphatic carbocycles. The van der Waals surface area contributed by atoms with Gasteiger partial charge in [0.15, 0.2) is 23.1 Å². The molecule has 9 nitrogen and oxygen atoms in total. The van der Waals surface area contributed by atoms with Crippen LogP contribution in [-0.2, 0) is 6.54 Å². The van der Waals surface area contributed by atoms with Gasteiger partial charge in [-0.25, -0.2) is 15.4 Å². The number of fused-ring (bicyclic) bond motifs is 1. The summed E-state index contributed by atoms with van der Waals surface area (Å²) in [5.74, 6) is 3.04. The Morgan fingerprint density at radius 2 is 1.83 bits per heavy atom. The van der Waals surface area contributed by atoms with Crippen LogP contribution in [0.15, 0.2) is 24.5 Å². The molecule has 4 rings (SSSR count). The molecule has 0 saturated carbocycles. The fourth-order valence-electron chi connectivity index (χ4n) is 3.40. The number of aromatic nitrogens is 2. The van der Waals surface area contributed by atoms with Crippen molar-refractivity contribution in [3.05, 3.63) is 30.1 Å². The van der Waals surface area contributed by atoms with Crippen molar-refractivity contribution < 1.29 is 9.47 Å². The van der Waals surface area contributed by atoms with Crippen LogP contribution in [0.5, 0.6) is 11.5 Å². The van der Waals surface area contributed by atoms with Crippen LogP contribution >= 0.6 is 0 Å². The second kappa shape index (κ2) is 7.92. The number of anilines is 3. The van der Waals surface area contributed by atoms with E-state index in [1.165, 1.54) is 5.56 Å². The molecule has 1 aromatic carbocycles. The van der Waals surface area contributed by atoms with Gasteiger partial charge in [0.05, 0.1) is 0 Å². The van der Waals surface area contributed by atoms with Crippen LogP contribution in [-0.4, -0.2) is 53.4 Å². The average Bonchev–Trinajstić information content (AvgIpc) is 3.15. The van der Waals surface area contributed by atoms with Crippen LogP contribution < -0.4 is 31.0 Å². The lowest BCUT2D eigenvalue weighted by Gasteiger charge is -2.36. The lowest BCUT2D eigenvalue weighted by molar-refractivity contribution is 0.174. The van der Waals surface area contributed by atoms with E-state index in [9.17, 15) is 0 Å². The van der Waals surface area contributed by atoms with E-state index in [4.69, 9.17) is 15.2 Å². The number of hydrazine groups is 1. The molecule has 156 valence electrons. The van der Waals surface area contributed by atoms with Gasteiger partial charge >= 0.3 is 0 Å². The Kier molecular flexibility index (Phi) is 5.33. The summed E-state index contributed by atoms with van der Waals surface area (Å²) in [5.41, 5.74) is 14.3. The molecular formula is C20H29N7O2. The molecule has 2 aromatic rings. The molecule has 0 bridgehead atoms. The standard InChI is InChI=1S/C20H29N7O2/c1-20(2,3)25-24-18-17(21)19(23-12-22-18)27-8-6-26(7-9-27)11-14-4-5-15-16(10-14)29-13-28-15/h4-5,10,12,25H,6-9,11,13,21H2,1-3H3,(H,22,23,24). The molecule has 0 radical (unpaired) electrons. The van der Waals surface area contributed by atoms with Crippen LogP contribution in [0.1, 0.15) is 26.3 Å². The summed E-state index contributed by atoms with van der Waals surface area (Å²) in [5, 5.41) is 0. The average molecular weight is 399 g/mol. The lowest BCUT2D eigenvalue weighted by Crippen LogP contribution is -2.46. The Labute approximate surface area is 171 Å². The lowest BCUT2D eigenvalue weighted by atomic mass is 10.1. The van der Waals surface area contributed by atoms with Gasteiger partial charge in [-0.05, 0) is 38.5 Å². The minimum Gasteiger partial charge on any atom is -0.454 e. The molecule has 0 amide bonds. The molecule has 4 N–H and O–H groups in total. The van der Waals surface area contributed by atoms with Crippen molar-refractivity contribution in [1.82, 2.24) is 20.3 Å². The van der Waals surface area contributed by atoms with Crippen LogP contribution in [0.3, 0.4) is 0 Å². The molecular weight excluding hydrogens is 370 g/mol. The van der Waals surface area contributed by atoms with Gasteiger partial charge < -0.3 is 25.5 Å². The van der Waals surface area contributed by atoms with Crippen molar-refractivity contribution in [3.8, 4) is 11.5 Å². The van der Waals surface area contributed by atoms with E-state index in [0.29, 0.717) is 18.3 Å². The number of hydrogen-bond donors (Lipinski definition) is 3. The topological polar surface area (TPSA) is 101 Å². The number of nitrogen functional groups attached to an aromatic ring is 1. The van der Waals surface area contributed by atoms with Crippen LogP contribution in [0.4, 0.5) is 17.3 Å². The maximum Gasteiger partial charge on any atom is 0.231 e. The largest absolute Gasteiger partial charge is 0.454 e. The van der Waals surface area contributed by atoms with Crippen LogP contribution in [0.25, 0.3) is 0 Å². The Morgan fingerprint density at radius 3 is 2.59 bits per heavy atom. The van der Waals surface area contributed by atoms with Gasteiger partial charge in [0.1, 0.15) is 12.0 Å². The summed E-state index contributed by atoms with van der Waals surface area (Å²) in [6, 6.07) is 6.15. The third kappa shape index (κ3) is 4.63. The summed E-state index contributed by atoms with van der Waals surface area (Å²) in [6.07, 6.45) is 1.55. The van der Waals surface area contributed by atoms with E-state index in [2.05, 4.69) is 63.5 Å². The fourth-order valence-corrected chi connectivity index (χ4v) is 3.40. The Balaban J connectivity index is 1.36. The molecule has 9 heteroatoms. The third-order valence-corrected chi connectivity index (χ3v) is 4.93. The highest BCUT2D eigenvalue weighted by atomic mass is 16.7. The Hall–Kier alpha value is -2.78. The van der Waals surface area contributed by atoms with E-state index in [1.807, 2.05) is 6.07 Å². The molecule has 1 saturated heterocycles. The van der Waals surface area contributed by atoms with Gasteiger partial charge in [-0.3, -0.25) is 4.90 Å². The van der Waals surface area contributed by atoms with Crippen molar-refractivity contribution >= 4 is 17.3 Å². The number of hydrogen-bond acceptors (Lipinski definition) is 9. The summed E-state index contributed by atoms with van der Waals surface area (Å²) in [6.45, 7) is 11.0. The summed E-state index contributed by atoms with van der Waals surface area (Å²) >= 11 is 0. The van der Waals surface area contributed by atoms with E-state index in [-0.39, 0.29) is 5.54 Å². The zero-order valence-electron chi connectivity index (χ0n) is 17.2. The first kappa shape index (κ1) is 19.5. The van der Waals surface area contributed by atoms with Crippen molar-refractivity contribution in [3.63, 3.8) is 0 Å². The first-order valence-electron chi connectivity index (χ1n) is 9.88. The molecule has 1 fully saturated rings. The second-order valence-corrected chi connectivity index (χ2v) is 8.41. The van der Waals surface area contributed by atoms with E-state index >= 15 is 0 Å². The SMILES string of the molecule is CC(C)(C)NNc1ncnc(N2CCN(Cc3ccc4c(c3)OCO4)CC2)c1N. The van der Waals surface area contributed by atoms with Crippen molar-refractivity contribution in [2.75, 3.05) is 49.0 Å². The zero-order valence-corrected chi connectivity index (χ0v) is 17.2. The zero-order chi connectivity index (χ0) is 20.4. The Morgan fingerprint density at radius 1 is 1.07 bits per heavy atom. The fraction of sp³-hybridized carbons (Fsp3) is 0.500. The molecule has 0 atom stereocenters. The monoisotopic (exact) mass is 399 g/mol. The van der Waals surface area contributed by atoms with Crippen LogP contribution in [0.2, 0.25) is 0 Å². The van der Waals surface area contributed by atoms with E-state index in [1.54, 1.807) is 6.33 Å². The molecule has 2 aliphatic heterocycles. The van der Waals surface area contributed by atoms with E-state index in [0.717, 1.165) is 50.0 Å². The molecule has 0 spiro atoms. The Bertz CT molecular complexity index is 860. The highest BCUT2D eigenvalue weighted by Gasteiger charge is 2.22. The number of rotatable bonds is 5. The number of benzene rings is 1. The normalized spacial score (nSPS) is 16.9. The smallest absolute Gasteiger partial charge is 0.231 e. The first-order valence-corrected chi connectivity index (χ1v) is 9.88. The van der Waals surface area contributed by atoms with Gasteiger partial charge in [0, 0.05) is 38.3 Å². The molecule has 1 aromatic heterocycles. The van der Waals surface area contributed by atoms with Crippen LogP contribution in [0, 0.1) is 0 Å². The second-order valence-electron chi connectivity index (χ2n) is 8.41. The molecule has 3 heterocycles. The number of piperazine rings is 1. The highest BCUT2D eigenvalue weighted by Crippen LogP contribution is 2.33. The quantitative estimate of drug-likeness (QED) is 0.650. The van der Waals surface area contributed by atoms with Crippen molar-refractivity contribution in [2.24, 2.45) is 0 Å². The highest BCUT2D eigenvalue weighted by molar-refractivity contribution is 5.74. The predicted octanol–water partition coefficient (Wildman–Crippen LogP) is 1.82. The summed E-state index contributed by atoms with van der Waals surface area (Å²) in [7, 11) is 0. The minimum absolute atomic E-state index is 0.0993. The maximum atomic E-state index is 6.35. The molecule has 29 heavy (non-hydrogen) atoms.